The fraction of sp³-hybridized carbons (Fsp3) is 0.429. The van der Waals surface area contributed by atoms with Crippen LogP contribution >= 0.6 is 0 Å². The number of hydrogen-bond acceptors (Lipinski definition) is 4. The van der Waals surface area contributed by atoms with E-state index < -0.39 is 12.1 Å². The summed E-state index contributed by atoms with van der Waals surface area (Å²) >= 11 is 0. The number of ether oxygens (including phenoxy) is 2. The first-order valence-corrected chi connectivity index (χ1v) is 3.29. The molecule has 0 aromatic carbocycles. The van der Waals surface area contributed by atoms with E-state index in [-0.39, 0.29) is 13.2 Å². The molecule has 0 saturated carbocycles. The lowest BCUT2D eigenvalue weighted by Crippen LogP contribution is -2.30. The summed E-state index contributed by atoms with van der Waals surface area (Å²) in [7, 11) is 1.24. The minimum atomic E-state index is -0.666. The van der Waals surface area contributed by atoms with Crippen molar-refractivity contribution >= 4 is 12.1 Å². The molecule has 0 saturated heterocycles. The highest BCUT2D eigenvalue weighted by atomic mass is 16.6. The van der Waals surface area contributed by atoms with Gasteiger partial charge in [0.1, 0.15) is 13.2 Å². The highest BCUT2D eigenvalue weighted by Crippen LogP contribution is 1.78. The van der Waals surface area contributed by atoms with Gasteiger partial charge < -0.3 is 14.8 Å². The number of alkyl carbamates (subject to hydrolysis) is 1. The predicted octanol–water partition coefficient (Wildman–Crippen LogP) is 0.0716. The largest absolute Gasteiger partial charge is 0.468 e. The van der Waals surface area contributed by atoms with Gasteiger partial charge in [-0.05, 0) is 0 Å². The Morgan fingerprint density at radius 2 is 2.25 bits per heavy atom. The fourth-order valence-corrected chi connectivity index (χ4v) is 0.402. The first-order valence-electron chi connectivity index (χ1n) is 3.29. The van der Waals surface area contributed by atoms with Crippen molar-refractivity contribution in [3.05, 3.63) is 12.7 Å². The van der Waals surface area contributed by atoms with Crippen molar-refractivity contribution in [2.24, 2.45) is 0 Å². The second-order valence-electron chi connectivity index (χ2n) is 1.82. The van der Waals surface area contributed by atoms with Gasteiger partial charge in [0.15, 0.2) is 0 Å². The summed E-state index contributed by atoms with van der Waals surface area (Å²) in [5, 5.41) is 2.18. The van der Waals surface area contributed by atoms with Gasteiger partial charge in [-0.15, -0.1) is 0 Å². The number of carbonyl (C=O) groups is 2. The Bertz CT molecular complexity index is 178. The Balaban J connectivity index is 3.43. The molecule has 0 aliphatic carbocycles. The average Bonchev–Trinajstić information content (AvgIpc) is 2.10. The molecule has 0 aliphatic rings. The molecule has 0 bridgehead atoms. The van der Waals surface area contributed by atoms with Gasteiger partial charge in [-0.2, -0.15) is 0 Å². The van der Waals surface area contributed by atoms with Crippen molar-refractivity contribution in [2.75, 3.05) is 20.3 Å². The zero-order chi connectivity index (χ0) is 9.40. The van der Waals surface area contributed by atoms with E-state index in [1.165, 1.54) is 13.2 Å². The third kappa shape index (κ3) is 5.28. The number of methoxy groups -OCH3 is 1. The average molecular weight is 173 g/mol. The van der Waals surface area contributed by atoms with E-state index >= 15 is 0 Å². The number of hydrogen-bond donors (Lipinski definition) is 1. The molecule has 0 rings (SSSR count). The first-order chi connectivity index (χ1) is 5.70. The SMILES string of the molecule is C=CCOC(=O)NCC(=O)OC. The van der Waals surface area contributed by atoms with E-state index in [1.54, 1.807) is 0 Å². The van der Waals surface area contributed by atoms with Gasteiger partial charge in [0.25, 0.3) is 0 Å². The molecular weight excluding hydrogens is 162 g/mol. The van der Waals surface area contributed by atoms with Crippen LogP contribution in [0.25, 0.3) is 0 Å². The van der Waals surface area contributed by atoms with E-state index in [2.05, 4.69) is 21.4 Å². The van der Waals surface area contributed by atoms with Crippen LogP contribution in [0.15, 0.2) is 12.7 Å². The molecule has 0 fully saturated rings. The topological polar surface area (TPSA) is 64.6 Å². The van der Waals surface area contributed by atoms with Gasteiger partial charge in [-0.25, -0.2) is 4.79 Å². The molecular formula is C7H11NO4. The molecule has 12 heavy (non-hydrogen) atoms. The molecule has 0 heterocycles. The Morgan fingerprint density at radius 1 is 1.58 bits per heavy atom. The van der Waals surface area contributed by atoms with E-state index in [4.69, 9.17) is 0 Å². The van der Waals surface area contributed by atoms with Crippen molar-refractivity contribution in [1.82, 2.24) is 5.32 Å². The van der Waals surface area contributed by atoms with Gasteiger partial charge >= 0.3 is 12.1 Å². The number of amides is 1. The summed E-state index contributed by atoms with van der Waals surface area (Å²) in [5.74, 6) is -0.523. The number of rotatable bonds is 4. The number of carbonyl (C=O) groups excluding carboxylic acids is 2. The third-order valence-electron chi connectivity index (χ3n) is 0.937. The molecule has 0 unspecified atom stereocenters. The smallest absolute Gasteiger partial charge is 0.407 e. The van der Waals surface area contributed by atoms with Crippen LogP contribution in [-0.2, 0) is 14.3 Å². The summed E-state index contributed by atoms with van der Waals surface area (Å²) in [6.07, 6.45) is 0.762. The third-order valence-corrected chi connectivity index (χ3v) is 0.937. The Labute approximate surface area is 70.3 Å². The van der Waals surface area contributed by atoms with Crippen LogP contribution < -0.4 is 5.32 Å². The molecule has 1 amide bonds. The van der Waals surface area contributed by atoms with Gasteiger partial charge in [0, 0.05) is 0 Å². The van der Waals surface area contributed by atoms with Gasteiger partial charge in [0.05, 0.1) is 7.11 Å². The summed E-state index contributed by atoms with van der Waals surface area (Å²) in [4.78, 5) is 21.1. The van der Waals surface area contributed by atoms with E-state index in [9.17, 15) is 9.59 Å². The van der Waals surface area contributed by atoms with Crippen LogP contribution in [0.3, 0.4) is 0 Å². The molecule has 0 aromatic rings. The molecule has 1 N–H and O–H groups in total. The zero-order valence-corrected chi connectivity index (χ0v) is 6.83. The van der Waals surface area contributed by atoms with Crippen LogP contribution in [0.5, 0.6) is 0 Å². The minimum absolute atomic E-state index is 0.118. The highest BCUT2D eigenvalue weighted by Gasteiger charge is 2.03. The van der Waals surface area contributed by atoms with Crippen LogP contribution in [0.2, 0.25) is 0 Å². The minimum Gasteiger partial charge on any atom is -0.468 e. The Morgan fingerprint density at radius 3 is 2.75 bits per heavy atom. The quantitative estimate of drug-likeness (QED) is 0.482. The monoisotopic (exact) mass is 173 g/mol. The van der Waals surface area contributed by atoms with Crippen molar-refractivity contribution < 1.29 is 19.1 Å². The van der Waals surface area contributed by atoms with E-state index in [0.717, 1.165) is 0 Å². The van der Waals surface area contributed by atoms with Crippen LogP contribution in [0, 0.1) is 0 Å². The standard InChI is InChI=1S/C7H11NO4/c1-3-4-12-7(10)8-5-6(9)11-2/h3H,1,4-5H2,2H3,(H,8,10). The molecule has 5 heteroatoms. The fourth-order valence-electron chi connectivity index (χ4n) is 0.402. The molecule has 68 valence electrons. The maximum Gasteiger partial charge on any atom is 0.407 e. The maximum atomic E-state index is 10.6. The Kier molecular flexibility index (Phi) is 5.42. The van der Waals surface area contributed by atoms with Gasteiger partial charge in [-0.1, -0.05) is 12.7 Å². The maximum absolute atomic E-state index is 10.6. The molecule has 5 nitrogen and oxygen atoms in total. The summed E-state index contributed by atoms with van der Waals surface area (Å²) in [6, 6.07) is 0. The zero-order valence-electron chi connectivity index (χ0n) is 6.83. The lowest BCUT2D eigenvalue weighted by molar-refractivity contribution is -0.139. The predicted molar refractivity (Wildman–Crippen MR) is 41.6 cm³/mol. The molecule has 0 aliphatic heterocycles. The van der Waals surface area contributed by atoms with E-state index in [0.29, 0.717) is 0 Å². The molecule has 0 atom stereocenters. The normalized spacial score (nSPS) is 8.42. The van der Waals surface area contributed by atoms with Gasteiger partial charge in [0.2, 0.25) is 0 Å². The molecule has 0 radical (unpaired) electrons. The molecule has 0 spiro atoms. The van der Waals surface area contributed by atoms with Crippen molar-refractivity contribution in [1.29, 1.82) is 0 Å². The number of esters is 1. The second kappa shape index (κ2) is 6.21. The van der Waals surface area contributed by atoms with E-state index in [1.807, 2.05) is 0 Å². The first kappa shape index (κ1) is 10.5. The lowest BCUT2D eigenvalue weighted by Gasteiger charge is -2.02. The highest BCUT2D eigenvalue weighted by molar-refractivity contribution is 5.77. The summed E-state index contributed by atoms with van der Waals surface area (Å²) in [6.45, 7) is 3.28. The Hall–Kier alpha value is -1.52. The van der Waals surface area contributed by atoms with Crippen molar-refractivity contribution in [2.45, 2.75) is 0 Å². The molecule has 0 aromatic heterocycles. The summed E-state index contributed by atoms with van der Waals surface area (Å²) in [5.41, 5.74) is 0. The van der Waals surface area contributed by atoms with Gasteiger partial charge in [-0.3, -0.25) is 4.79 Å². The summed E-state index contributed by atoms with van der Waals surface area (Å²) < 4.78 is 8.79. The second-order valence-corrected chi connectivity index (χ2v) is 1.82. The van der Waals surface area contributed by atoms with Crippen molar-refractivity contribution in [3.8, 4) is 0 Å². The lowest BCUT2D eigenvalue weighted by atomic mass is 10.6. The van der Waals surface area contributed by atoms with Crippen LogP contribution in [-0.4, -0.2) is 32.3 Å². The van der Waals surface area contributed by atoms with Crippen molar-refractivity contribution in [3.63, 3.8) is 0 Å². The van der Waals surface area contributed by atoms with Crippen LogP contribution in [0.1, 0.15) is 0 Å². The number of nitrogens with one attached hydrogen (secondary N) is 1. The van der Waals surface area contributed by atoms with Crippen LogP contribution in [0.4, 0.5) is 4.79 Å².